The van der Waals surface area contributed by atoms with Crippen molar-refractivity contribution in [1.29, 1.82) is 0 Å². The molecule has 0 aliphatic carbocycles. The van der Waals surface area contributed by atoms with E-state index in [9.17, 15) is 9.59 Å². The lowest BCUT2D eigenvalue weighted by Gasteiger charge is -2.23. The molecule has 6 nitrogen and oxygen atoms in total. The number of nitrogens with zero attached hydrogens (tertiary/aromatic N) is 1. The zero-order valence-corrected chi connectivity index (χ0v) is 18.9. The van der Waals surface area contributed by atoms with Crippen molar-refractivity contribution in [2.24, 2.45) is 0 Å². The molecule has 2 amide bonds. The molecule has 0 fully saturated rings. The number of amides is 2. The van der Waals surface area contributed by atoms with E-state index in [-0.39, 0.29) is 18.1 Å². The van der Waals surface area contributed by atoms with Gasteiger partial charge in [-0.1, -0.05) is 41.9 Å². The quantitative estimate of drug-likeness (QED) is 0.383. The Morgan fingerprint density at radius 1 is 1.03 bits per heavy atom. The van der Waals surface area contributed by atoms with E-state index in [1.807, 2.05) is 48.5 Å². The van der Waals surface area contributed by atoms with Gasteiger partial charge in [0.05, 0.1) is 19.2 Å². The molecule has 0 spiro atoms. The second-order valence-corrected chi connectivity index (χ2v) is 8.11. The van der Waals surface area contributed by atoms with Crippen LogP contribution in [0.25, 0.3) is 10.9 Å². The third kappa shape index (κ3) is 5.73. The molecular formula is C26H24ClN3O3. The number of urea groups is 1. The van der Waals surface area contributed by atoms with Crippen LogP contribution < -0.4 is 15.6 Å². The van der Waals surface area contributed by atoms with E-state index >= 15 is 0 Å². The number of nitrogens with one attached hydrogen (secondary N) is 2. The van der Waals surface area contributed by atoms with Gasteiger partial charge in [0.15, 0.2) is 0 Å². The first-order valence-electron chi connectivity index (χ1n) is 10.6. The molecule has 0 aliphatic heterocycles. The highest BCUT2D eigenvalue weighted by Gasteiger charge is 2.17. The van der Waals surface area contributed by atoms with Gasteiger partial charge in [-0.15, -0.1) is 0 Å². The highest BCUT2D eigenvalue weighted by atomic mass is 35.5. The summed E-state index contributed by atoms with van der Waals surface area (Å²) in [4.78, 5) is 30.5. The van der Waals surface area contributed by atoms with Gasteiger partial charge in [0, 0.05) is 28.9 Å². The third-order valence-corrected chi connectivity index (χ3v) is 5.64. The van der Waals surface area contributed by atoms with Crippen LogP contribution in [0, 0.1) is 0 Å². The summed E-state index contributed by atoms with van der Waals surface area (Å²) in [6, 6.07) is 23.9. The zero-order chi connectivity index (χ0) is 23.2. The molecule has 0 saturated heterocycles. The fourth-order valence-corrected chi connectivity index (χ4v) is 3.70. The smallest absolute Gasteiger partial charge is 0.322 e. The van der Waals surface area contributed by atoms with E-state index < -0.39 is 0 Å². The Morgan fingerprint density at radius 3 is 2.52 bits per heavy atom. The van der Waals surface area contributed by atoms with Crippen molar-refractivity contribution in [3.05, 3.63) is 105 Å². The maximum Gasteiger partial charge on any atom is 0.322 e. The number of hydrogen-bond acceptors (Lipinski definition) is 3. The van der Waals surface area contributed by atoms with Gasteiger partial charge in [-0.2, -0.15) is 0 Å². The number of rotatable bonds is 7. The van der Waals surface area contributed by atoms with Crippen LogP contribution in [0.2, 0.25) is 5.02 Å². The predicted octanol–water partition coefficient (Wildman–Crippen LogP) is 5.47. The average molecular weight is 462 g/mol. The molecule has 7 heteroatoms. The normalized spacial score (nSPS) is 10.7. The number of methoxy groups -OCH3 is 1. The number of fused-ring (bicyclic) bond motifs is 1. The molecule has 0 radical (unpaired) electrons. The van der Waals surface area contributed by atoms with E-state index in [1.165, 1.54) is 0 Å². The first-order chi connectivity index (χ1) is 16.0. The Kier molecular flexibility index (Phi) is 6.95. The van der Waals surface area contributed by atoms with Crippen molar-refractivity contribution in [2.45, 2.75) is 13.0 Å². The molecule has 3 aromatic carbocycles. The number of carbonyl (C=O) groups excluding carboxylic acids is 1. The van der Waals surface area contributed by atoms with Crippen molar-refractivity contribution >= 4 is 34.2 Å². The number of H-pyrrole nitrogens is 1. The number of aromatic nitrogens is 1. The first kappa shape index (κ1) is 22.4. The summed E-state index contributed by atoms with van der Waals surface area (Å²) in [6.45, 7) is 0.618. The molecule has 2 N–H and O–H groups in total. The van der Waals surface area contributed by atoms with Gasteiger partial charge < -0.3 is 19.9 Å². The van der Waals surface area contributed by atoms with Gasteiger partial charge in [-0.25, -0.2) is 4.79 Å². The molecule has 1 aromatic heterocycles. The second-order valence-electron chi connectivity index (χ2n) is 7.67. The Labute approximate surface area is 196 Å². The number of aromatic amines is 1. The van der Waals surface area contributed by atoms with Gasteiger partial charge in [0.1, 0.15) is 5.75 Å². The maximum absolute atomic E-state index is 13.1. The summed E-state index contributed by atoms with van der Waals surface area (Å²) in [6.07, 6.45) is 0.664. The molecule has 0 bridgehead atoms. The third-order valence-electron chi connectivity index (χ3n) is 5.39. The summed E-state index contributed by atoms with van der Waals surface area (Å²) in [7, 11) is 1.58. The number of ether oxygens (including phenoxy) is 1. The summed E-state index contributed by atoms with van der Waals surface area (Å²) >= 11 is 5.95. The largest absolute Gasteiger partial charge is 0.497 e. The average Bonchev–Trinajstić information content (AvgIpc) is 2.83. The Balaban J connectivity index is 1.59. The molecule has 0 atom stereocenters. The monoisotopic (exact) mass is 461 g/mol. The van der Waals surface area contributed by atoms with E-state index in [0.29, 0.717) is 40.5 Å². The van der Waals surface area contributed by atoms with Crippen LogP contribution in [0.15, 0.2) is 83.7 Å². The zero-order valence-electron chi connectivity index (χ0n) is 18.2. The van der Waals surface area contributed by atoms with Gasteiger partial charge in [0.2, 0.25) is 0 Å². The van der Waals surface area contributed by atoms with Crippen LogP contribution >= 0.6 is 11.6 Å². The van der Waals surface area contributed by atoms with Crippen molar-refractivity contribution in [2.75, 3.05) is 19.0 Å². The lowest BCUT2D eigenvalue weighted by atomic mass is 10.1. The van der Waals surface area contributed by atoms with E-state index in [0.717, 1.165) is 10.9 Å². The van der Waals surface area contributed by atoms with Crippen LogP contribution in [0.1, 0.15) is 11.1 Å². The minimum Gasteiger partial charge on any atom is -0.497 e. The standard InChI is InChI=1S/C26H24ClN3O3/c1-33-23-12-7-19-15-20(25(31)29-24(19)16-23)17-30(14-13-18-5-3-2-4-6-18)26(32)28-22-10-8-21(27)9-11-22/h2-12,15-16H,13-14,17H2,1H3,(H,28,32)(H,29,31). The summed E-state index contributed by atoms with van der Waals surface area (Å²) in [5, 5.41) is 4.36. The molecule has 168 valence electrons. The number of hydrogen-bond donors (Lipinski definition) is 2. The lowest BCUT2D eigenvalue weighted by molar-refractivity contribution is 0.209. The van der Waals surface area contributed by atoms with Crippen LogP contribution in [0.3, 0.4) is 0 Å². The lowest BCUT2D eigenvalue weighted by Crippen LogP contribution is -2.37. The molecule has 4 rings (SSSR count). The molecule has 33 heavy (non-hydrogen) atoms. The van der Waals surface area contributed by atoms with E-state index in [2.05, 4.69) is 10.3 Å². The molecule has 0 aliphatic rings. The van der Waals surface area contributed by atoms with Crippen LogP contribution in [0.4, 0.5) is 10.5 Å². The van der Waals surface area contributed by atoms with E-state index in [4.69, 9.17) is 16.3 Å². The Bertz CT molecular complexity index is 1300. The van der Waals surface area contributed by atoms with Crippen molar-refractivity contribution in [3.63, 3.8) is 0 Å². The number of anilines is 1. The first-order valence-corrected chi connectivity index (χ1v) is 10.9. The SMILES string of the molecule is COc1ccc2cc(CN(CCc3ccccc3)C(=O)Nc3ccc(Cl)cc3)c(=O)[nH]c2c1. The number of pyridine rings is 1. The number of benzene rings is 3. The van der Waals surface area contributed by atoms with Crippen molar-refractivity contribution in [1.82, 2.24) is 9.88 Å². The Morgan fingerprint density at radius 2 is 1.79 bits per heavy atom. The van der Waals surface area contributed by atoms with Crippen LogP contribution in [0.5, 0.6) is 5.75 Å². The summed E-state index contributed by atoms with van der Waals surface area (Å²) in [5.74, 6) is 0.665. The van der Waals surface area contributed by atoms with Gasteiger partial charge in [-0.3, -0.25) is 4.79 Å². The van der Waals surface area contributed by atoms with Crippen LogP contribution in [-0.4, -0.2) is 29.6 Å². The topological polar surface area (TPSA) is 74.4 Å². The minimum atomic E-state index is -0.289. The minimum absolute atomic E-state index is 0.170. The Hall–Kier alpha value is -3.77. The maximum atomic E-state index is 13.1. The molecule has 0 unspecified atom stereocenters. The van der Waals surface area contributed by atoms with Crippen LogP contribution in [-0.2, 0) is 13.0 Å². The second kappa shape index (κ2) is 10.2. The number of halogens is 1. The highest BCUT2D eigenvalue weighted by molar-refractivity contribution is 6.30. The molecule has 0 saturated carbocycles. The predicted molar refractivity (Wildman–Crippen MR) is 132 cm³/mol. The summed E-state index contributed by atoms with van der Waals surface area (Å²) in [5.41, 5.74) is 2.70. The number of carbonyl (C=O) groups is 1. The fourth-order valence-electron chi connectivity index (χ4n) is 3.57. The summed E-state index contributed by atoms with van der Waals surface area (Å²) < 4.78 is 5.23. The van der Waals surface area contributed by atoms with Gasteiger partial charge in [0.25, 0.3) is 5.56 Å². The van der Waals surface area contributed by atoms with E-state index in [1.54, 1.807) is 42.3 Å². The van der Waals surface area contributed by atoms with Gasteiger partial charge >= 0.3 is 6.03 Å². The van der Waals surface area contributed by atoms with Crippen molar-refractivity contribution in [3.8, 4) is 5.75 Å². The fraction of sp³-hybridized carbons (Fsp3) is 0.154. The highest BCUT2D eigenvalue weighted by Crippen LogP contribution is 2.20. The van der Waals surface area contributed by atoms with Gasteiger partial charge in [-0.05, 0) is 59.8 Å². The molecular weight excluding hydrogens is 438 g/mol. The molecule has 1 heterocycles. The van der Waals surface area contributed by atoms with Crippen molar-refractivity contribution < 1.29 is 9.53 Å². The molecule has 4 aromatic rings.